The van der Waals surface area contributed by atoms with Gasteiger partial charge in [-0.25, -0.2) is 9.78 Å². The molecule has 0 spiro atoms. The Kier molecular flexibility index (Phi) is 6.39. The van der Waals surface area contributed by atoms with E-state index in [9.17, 15) is 9.90 Å². The Labute approximate surface area is 192 Å². The number of carbonyl (C=O) groups excluding carboxylic acids is 1. The molecule has 1 fully saturated rings. The maximum atomic E-state index is 12.5. The van der Waals surface area contributed by atoms with Gasteiger partial charge < -0.3 is 30.2 Å². The summed E-state index contributed by atoms with van der Waals surface area (Å²) < 4.78 is 11.0. The lowest BCUT2D eigenvalue weighted by atomic mass is 9.98. The number of ether oxygens (including phenoxy) is 1. The number of benzene rings is 2. The molecular weight excluding hydrogens is 420 g/mol. The standard InChI is InChI=1S/C25H28N4O4/c30-22-13-28-21(10-16-1-4-18(5-2-16)23-14-27-15-32-23)24(22)33-25(31)29-11-17-3-6-20-12-26-8-7-19(20)9-17/h1-6,9,14-15,21-22,24,26,28,30H,7-8,10-13H2,(H,29,31)/t21-,22?,24+/m1/s1. The fraction of sp³-hybridized carbons (Fsp3) is 0.360. The van der Waals surface area contributed by atoms with Crippen molar-refractivity contribution in [3.8, 4) is 11.3 Å². The van der Waals surface area contributed by atoms with Crippen LogP contribution >= 0.6 is 0 Å². The second-order valence-corrected chi connectivity index (χ2v) is 8.60. The van der Waals surface area contributed by atoms with E-state index < -0.39 is 18.3 Å². The number of nitrogens with one attached hydrogen (secondary N) is 3. The average Bonchev–Trinajstić information content (AvgIpc) is 3.50. The predicted octanol–water partition coefficient (Wildman–Crippen LogP) is 2.16. The molecule has 4 N–H and O–H groups in total. The van der Waals surface area contributed by atoms with Crippen LogP contribution in [0, 0.1) is 0 Å². The van der Waals surface area contributed by atoms with Gasteiger partial charge in [0.1, 0.15) is 12.2 Å². The minimum Gasteiger partial charge on any atom is -0.444 e. The lowest BCUT2D eigenvalue weighted by molar-refractivity contribution is 0.0188. The SMILES string of the molecule is O=C(NCc1ccc2c(c1)CCNC2)O[C@@H]1C(O)CN[C@@H]1Cc1ccc(-c2cnco2)cc1. The van der Waals surface area contributed by atoms with Crippen molar-refractivity contribution >= 4 is 6.09 Å². The van der Waals surface area contributed by atoms with Crippen molar-refractivity contribution < 1.29 is 19.1 Å². The fourth-order valence-corrected chi connectivity index (χ4v) is 4.52. The van der Waals surface area contributed by atoms with Gasteiger partial charge in [0.15, 0.2) is 12.2 Å². The Balaban J connectivity index is 1.16. The number of aromatic nitrogens is 1. The first-order valence-corrected chi connectivity index (χ1v) is 11.3. The number of amides is 1. The van der Waals surface area contributed by atoms with Gasteiger partial charge in [-0.3, -0.25) is 0 Å². The summed E-state index contributed by atoms with van der Waals surface area (Å²) in [5.74, 6) is 0.712. The highest BCUT2D eigenvalue weighted by atomic mass is 16.6. The van der Waals surface area contributed by atoms with Gasteiger partial charge in [-0.05, 0) is 41.6 Å². The van der Waals surface area contributed by atoms with Gasteiger partial charge in [0.05, 0.1) is 12.2 Å². The molecule has 5 rings (SSSR count). The molecule has 0 saturated carbocycles. The molecule has 3 aromatic rings. The van der Waals surface area contributed by atoms with Crippen molar-refractivity contribution in [1.29, 1.82) is 0 Å². The quantitative estimate of drug-likeness (QED) is 0.458. The molecule has 8 nitrogen and oxygen atoms in total. The van der Waals surface area contributed by atoms with Gasteiger partial charge in [0.25, 0.3) is 0 Å². The largest absolute Gasteiger partial charge is 0.444 e. The zero-order chi connectivity index (χ0) is 22.6. The number of rotatable bonds is 6. The van der Waals surface area contributed by atoms with Crippen molar-refractivity contribution in [2.45, 2.75) is 44.2 Å². The van der Waals surface area contributed by atoms with E-state index in [1.807, 2.05) is 30.3 Å². The molecule has 1 aromatic heterocycles. The second-order valence-electron chi connectivity index (χ2n) is 8.60. The summed E-state index contributed by atoms with van der Waals surface area (Å²) in [5, 5.41) is 19.8. The molecule has 33 heavy (non-hydrogen) atoms. The maximum absolute atomic E-state index is 12.5. The third kappa shape index (κ3) is 5.08. The average molecular weight is 449 g/mol. The van der Waals surface area contributed by atoms with E-state index in [0.717, 1.165) is 36.2 Å². The number of hydrogen-bond donors (Lipinski definition) is 4. The first-order chi connectivity index (χ1) is 16.2. The van der Waals surface area contributed by atoms with Gasteiger partial charge in [-0.15, -0.1) is 0 Å². The van der Waals surface area contributed by atoms with E-state index in [0.29, 0.717) is 25.3 Å². The topological polar surface area (TPSA) is 109 Å². The lowest BCUT2D eigenvalue weighted by Crippen LogP contribution is -2.41. The highest BCUT2D eigenvalue weighted by Gasteiger charge is 2.37. The molecule has 2 aliphatic heterocycles. The number of oxazole rings is 1. The minimum absolute atomic E-state index is 0.168. The molecule has 1 unspecified atom stereocenters. The summed E-state index contributed by atoms with van der Waals surface area (Å²) in [6, 6.07) is 14.1. The van der Waals surface area contributed by atoms with Crippen LogP contribution in [0.15, 0.2) is 59.5 Å². The molecule has 0 aliphatic carbocycles. The van der Waals surface area contributed by atoms with Crippen LogP contribution in [0.3, 0.4) is 0 Å². The molecular formula is C25H28N4O4. The van der Waals surface area contributed by atoms with E-state index in [-0.39, 0.29) is 6.04 Å². The van der Waals surface area contributed by atoms with Gasteiger partial charge >= 0.3 is 6.09 Å². The molecule has 1 amide bonds. The monoisotopic (exact) mass is 448 g/mol. The summed E-state index contributed by atoms with van der Waals surface area (Å²) in [5.41, 5.74) is 5.69. The van der Waals surface area contributed by atoms with E-state index in [1.165, 1.54) is 17.5 Å². The van der Waals surface area contributed by atoms with Gasteiger partial charge in [0, 0.05) is 25.2 Å². The number of nitrogens with zero attached hydrogens (tertiary/aromatic N) is 1. The number of carbonyl (C=O) groups is 1. The molecule has 3 heterocycles. The van der Waals surface area contributed by atoms with Crippen molar-refractivity contribution in [2.24, 2.45) is 0 Å². The van der Waals surface area contributed by atoms with Crippen LogP contribution in [0.5, 0.6) is 0 Å². The summed E-state index contributed by atoms with van der Waals surface area (Å²) in [6.07, 6.45) is 2.82. The van der Waals surface area contributed by atoms with Crippen molar-refractivity contribution in [3.05, 3.63) is 77.3 Å². The Bertz CT molecular complexity index is 1080. The zero-order valence-corrected chi connectivity index (χ0v) is 18.3. The van der Waals surface area contributed by atoms with E-state index >= 15 is 0 Å². The van der Waals surface area contributed by atoms with Crippen molar-refractivity contribution in [3.63, 3.8) is 0 Å². The minimum atomic E-state index is -0.745. The number of β-amino-alcohol motifs (C(OH)–C–C–N with tert-alkyl or cyclic N) is 1. The number of aliphatic hydroxyl groups excluding tert-OH is 1. The van der Waals surface area contributed by atoms with E-state index in [1.54, 1.807) is 6.20 Å². The first kappa shape index (κ1) is 21.6. The Morgan fingerprint density at radius 2 is 2.03 bits per heavy atom. The van der Waals surface area contributed by atoms with Gasteiger partial charge in [-0.2, -0.15) is 0 Å². The number of fused-ring (bicyclic) bond motifs is 1. The van der Waals surface area contributed by atoms with Gasteiger partial charge in [0.2, 0.25) is 0 Å². The Morgan fingerprint density at radius 3 is 2.85 bits per heavy atom. The summed E-state index contributed by atoms with van der Waals surface area (Å²) in [7, 11) is 0. The number of alkyl carbamates (subject to hydrolysis) is 1. The van der Waals surface area contributed by atoms with Crippen molar-refractivity contribution in [1.82, 2.24) is 20.9 Å². The molecule has 0 radical (unpaired) electrons. The fourth-order valence-electron chi connectivity index (χ4n) is 4.52. The second kappa shape index (κ2) is 9.74. The highest BCUT2D eigenvalue weighted by Crippen LogP contribution is 2.22. The van der Waals surface area contributed by atoms with Crippen LogP contribution in [0.4, 0.5) is 4.79 Å². The van der Waals surface area contributed by atoms with Crippen LogP contribution in [0.2, 0.25) is 0 Å². The summed E-state index contributed by atoms with van der Waals surface area (Å²) >= 11 is 0. The molecule has 3 atom stereocenters. The zero-order valence-electron chi connectivity index (χ0n) is 18.3. The van der Waals surface area contributed by atoms with Crippen LogP contribution in [0.1, 0.15) is 22.3 Å². The lowest BCUT2D eigenvalue weighted by Gasteiger charge is -2.22. The normalized spacial score (nSPS) is 22.0. The number of aliphatic hydroxyl groups is 1. The van der Waals surface area contributed by atoms with Crippen LogP contribution in [0.25, 0.3) is 11.3 Å². The van der Waals surface area contributed by atoms with Crippen molar-refractivity contribution in [2.75, 3.05) is 13.1 Å². The third-order valence-corrected chi connectivity index (χ3v) is 6.33. The van der Waals surface area contributed by atoms with Gasteiger partial charge in [-0.1, -0.05) is 42.5 Å². The summed E-state index contributed by atoms with van der Waals surface area (Å²) in [4.78, 5) is 16.4. The van der Waals surface area contributed by atoms with Crippen LogP contribution in [-0.2, 0) is 30.7 Å². The third-order valence-electron chi connectivity index (χ3n) is 6.33. The van der Waals surface area contributed by atoms with Crippen LogP contribution in [-0.4, -0.2) is 47.5 Å². The van der Waals surface area contributed by atoms with Crippen LogP contribution < -0.4 is 16.0 Å². The highest BCUT2D eigenvalue weighted by molar-refractivity contribution is 5.67. The van der Waals surface area contributed by atoms with E-state index in [2.05, 4.69) is 33.1 Å². The molecule has 0 bridgehead atoms. The molecule has 2 aliphatic rings. The Hall–Kier alpha value is -3.20. The Morgan fingerprint density at radius 1 is 1.18 bits per heavy atom. The first-order valence-electron chi connectivity index (χ1n) is 11.3. The molecule has 172 valence electrons. The predicted molar refractivity (Wildman–Crippen MR) is 122 cm³/mol. The van der Waals surface area contributed by atoms with E-state index in [4.69, 9.17) is 9.15 Å². The smallest absolute Gasteiger partial charge is 0.407 e. The molecule has 1 saturated heterocycles. The summed E-state index contributed by atoms with van der Waals surface area (Å²) in [6.45, 7) is 2.64. The number of hydrogen-bond acceptors (Lipinski definition) is 7. The molecule has 2 aromatic carbocycles. The maximum Gasteiger partial charge on any atom is 0.407 e. The molecule has 8 heteroatoms.